The standard InChI is InChI=1S/C19H18N2O4S.C17H14N2O4S/c1-11(9-22)12-2-4-13(5-3-12)18(25)21-19-20-16(10-26-19)15-7-6-14(23)8-17(15)24;20-8-10-1-3-11(4-2-10)16(23)19-17-18-14(9-24-17)13-6-5-12(21)7-15(13)22/h2-8,10-11,22-24H,9H2,1H3,(H,20,21,25);1-7,9,20-22H,8H2,(H,18,19,23). The van der Waals surface area contributed by atoms with Crippen LogP contribution in [0.5, 0.6) is 23.0 Å². The van der Waals surface area contributed by atoms with Crippen molar-refractivity contribution in [3.63, 3.8) is 0 Å². The number of aromatic nitrogens is 2. The number of benzene rings is 4. The molecule has 6 rings (SSSR count). The van der Waals surface area contributed by atoms with E-state index >= 15 is 0 Å². The molecule has 2 amide bonds. The van der Waals surface area contributed by atoms with Crippen LogP contribution in [0.2, 0.25) is 0 Å². The Hall–Kier alpha value is -5.80. The average Bonchev–Trinajstić information content (AvgIpc) is 3.78. The number of carbonyl (C=O) groups is 2. The van der Waals surface area contributed by atoms with Crippen LogP contribution in [0.1, 0.15) is 44.7 Å². The molecule has 256 valence electrons. The third kappa shape index (κ3) is 8.80. The van der Waals surface area contributed by atoms with Crippen molar-refractivity contribution >= 4 is 44.8 Å². The van der Waals surface area contributed by atoms with E-state index in [0.29, 0.717) is 43.9 Å². The fourth-order valence-corrected chi connectivity index (χ4v) is 5.96. The van der Waals surface area contributed by atoms with Crippen LogP contribution >= 0.6 is 22.7 Å². The number of anilines is 2. The van der Waals surface area contributed by atoms with Crippen LogP contribution in [0.3, 0.4) is 0 Å². The van der Waals surface area contributed by atoms with E-state index in [2.05, 4.69) is 20.6 Å². The van der Waals surface area contributed by atoms with E-state index in [-0.39, 0.29) is 53.9 Å². The van der Waals surface area contributed by atoms with Gasteiger partial charge in [0.05, 0.1) is 18.0 Å². The van der Waals surface area contributed by atoms with Crippen LogP contribution in [-0.4, -0.2) is 59.0 Å². The Balaban J connectivity index is 0.000000195. The molecule has 50 heavy (non-hydrogen) atoms. The van der Waals surface area contributed by atoms with Gasteiger partial charge in [-0.05, 0) is 59.7 Å². The number of nitrogens with one attached hydrogen (secondary N) is 2. The van der Waals surface area contributed by atoms with Crippen molar-refractivity contribution in [1.29, 1.82) is 0 Å². The zero-order chi connectivity index (χ0) is 35.8. The van der Waals surface area contributed by atoms with Crippen LogP contribution < -0.4 is 10.6 Å². The molecule has 0 aliphatic heterocycles. The van der Waals surface area contributed by atoms with E-state index < -0.39 is 0 Å². The molecule has 0 saturated heterocycles. The smallest absolute Gasteiger partial charge is 0.257 e. The summed E-state index contributed by atoms with van der Waals surface area (Å²) >= 11 is 2.47. The number of carbonyl (C=O) groups excluding carboxylic acids is 2. The lowest BCUT2D eigenvalue weighted by Crippen LogP contribution is -2.12. The Morgan fingerprint density at radius 3 is 1.50 bits per heavy atom. The Labute approximate surface area is 294 Å². The summed E-state index contributed by atoms with van der Waals surface area (Å²) < 4.78 is 0. The number of hydrogen-bond acceptors (Lipinski definition) is 12. The Morgan fingerprint density at radius 1 is 0.660 bits per heavy atom. The van der Waals surface area contributed by atoms with Gasteiger partial charge in [-0.25, -0.2) is 9.97 Å². The molecule has 0 fully saturated rings. The van der Waals surface area contributed by atoms with E-state index in [1.54, 1.807) is 59.3 Å². The highest BCUT2D eigenvalue weighted by Crippen LogP contribution is 2.35. The zero-order valence-electron chi connectivity index (χ0n) is 26.4. The molecule has 1 atom stereocenters. The van der Waals surface area contributed by atoms with Crippen molar-refractivity contribution in [2.45, 2.75) is 19.4 Å². The van der Waals surface area contributed by atoms with E-state index in [1.165, 1.54) is 46.9 Å². The lowest BCUT2D eigenvalue weighted by Gasteiger charge is -2.08. The van der Waals surface area contributed by atoms with Crippen molar-refractivity contribution in [1.82, 2.24) is 9.97 Å². The number of thiazole rings is 2. The molecule has 14 heteroatoms. The summed E-state index contributed by atoms with van der Waals surface area (Å²) in [5, 5.41) is 66.3. The van der Waals surface area contributed by atoms with Gasteiger partial charge in [-0.15, -0.1) is 22.7 Å². The van der Waals surface area contributed by atoms with Crippen molar-refractivity contribution in [2.75, 3.05) is 17.2 Å². The van der Waals surface area contributed by atoms with E-state index in [0.717, 1.165) is 11.1 Å². The number of nitrogens with zero attached hydrogens (tertiary/aromatic N) is 2. The average molecular weight is 713 g/mol. The first-order valence-electron chi connectivity index (χ1n) is 15.0. The minimum absolute atomic E-state index is 0.0200. The summed E-state index contributed by atoms with van der Waals surface area (Å²) in [6, 6.07) is 22.2. The van der Waals surface area contributed by atoms with E-state index in [1.807, 2.05) is 19.1 Å². The Morgan fingerprint density at radius 2 is 1.10 bits per heavy atom. The molecule has 0 aliphatic rings. The Bertz CT molecular complexity index is 2100. The number of amides is 2. The first kappa shape index (κ1) is 35.5. The normalized spacial score (nSPS) is 11.3. The summed E-state index contributed by atoms with van der Waals surface area (Å²) in [6.45, 7) is 1.89. The highest BCUT2D eigenvalue weighted by molar-refractivity contribution is 7.14. The molecule has 1 unspecified atom stereocenters. The zero-order valence-corrected chi connectivity index (χ0v) is 28.1. The molecule has 0 radical (unpaired) electrons. The van der Waals surface area contributed by atoms with Gasteiger partial charge in [-0.1, -0.05) is 31.2 Å². The number of rotatable bonds is 9. The van der Waals surface area contributed by atoms with Crippen LogP contribution in [0, 0.1) is 0 Å². The summed E-state index contributed by atoms with van der Waals surface area (Å²) in [4.78, 5) is 33.1. The van der Waals surface area contributed by atoms with Gasteiger partial charge >= 0.3 is 0 Å². The lowest BCUT2D eigenvalue weighted by atomic mass is 10.0. The maximum absolute atomic E-state index is 12.3. The molecular weight excluding hydrogens is 681 g/mol. The fourth-order valence-electron chi connectivity index (χ4n) is 4.55. The molecule has 2 heterocycles. The summed E-state index contributed by atoms with van der Waals surface area (Å²) in [5.74, 6) is -0.814. The van der Waals surface area contributed by atoms with Gasteiger partial charge in [-0.3, -0.25) is 20.2 Å². The molecule has 2 aromatic heterocycles. The minimum atomic E-state index is -0.310. The summed E-state index contributed by atoms with van der Waals surface area (Å²) in [7, 11) is 0. The number of phenolic OH excluding ortho intramolecular Hbond substituents is 4. The predicted octanol–water partition coefficient (Wildman–Crippen LogP) is 6.54. The van der Waals surface area contributed by atoms with Crippen LogP contribution in [0.15, 0.2) is 95.7 Å². The van der Waals surface area contributed by atoms with Crippen molar-refractivity contribution < 1.29 is 40.2 Å². The molecule has 0 saturated carbocycles. The molecular formula is C36H32N4O8S2. The molecule has 6 aromatic rings. The number of aliphatic hydroxyl groups is 2. The van der Waals surface area contributed by atoms with Gasteiger partial charge in [-0.2, -0.15) is 0 Å². The largest absolute Gasteiger partial charge is 0.508 e. The van der Waals surface area contributed by atoms with Gasteiger partial charge in [0.1, 0.15) is 23.0 Å². The number of aliphatic hydroxyl groups excluding tert-OH is 2. The van der Waals surface area contributed by atoms with Crippen LogP contribution in [-0.2, 0) is 6.61 Å². The first-order chi connectivity index (χ1) is 24.0. The maximum atomic E-state index is 12.3. The molecule has 0 bridgehead atoms. The number of phenols is 4. The third-order valence-electron chi connectivity index (χ3n) is 7.38. The van der Waals surface area contributed by atoms with E-state index in [9.17, 15) is 35.1 Å². The van der Waals surface area contributed by atoms with Crippen molar-refractivity contribution in [2.24, 2.45) is 0 Å². The Kier molecular flexibility index (Phi) is 11.4. The minimum Gasteiger partial charge on any atom is -0.508 e. The lowest BCUT2D eigenvalue weighted by molar-refractivity contribution is 0.101. The second kappa shape index (κ2) is 16.1. The van der Waals surface area contributed by atoms with Crippen molar-refractivity contribution in [3.05, 3.63) is 118 Å². The highest BCUT2D eigenvalue weighted by atomic mass is 32.1. The molecule has 4 aromatic carbocycles. The predicted molar refractivity (Wildman–Crippen MR) is 192 cm³/mol. The van der Waals surface area contributed by atoms with Gasteiger partial charge in [0.25, 0.3) is 11.8 Å². The topological polar surface area (TPSA) is 205 Å². The highest BCUT2D eigenvalue weighted by Gasteiger charge is 2.15. The molecule has 0 spiro atoms. The van der Waals surface area contributed by atoms with Crippen molar-refractivity contribution in [3.8, 4) is 45.5 Å². The number of hydrogen-bond donors (Lipinski definition) is 8. The number of aromatic hydroxyl groups is 4. The molecule has 12 nitrogen and oxygen atoms in total. The summed E-state index contributed by atoms with van der Waals surface area (Å²) in [6.07, 6.45) is 0. The van der Waals surface area contributed by atoms with Gasteiger partial charge in [0, 0.05) is 57.7 Å². The van der Waals surface area contributed by atoms with Gasteiger partial charge < -0.3 is 30.6 Å². The van der Waals surface area contributed by atoms with Crippen LogP contribution in [0.4, 0.5) is 10.3 Å². The fraction of sp³-hybridized carbons (Fsp3) is 0.111. The maximum Gasteiger partial charge on any atom is 0.257 e. The molecule has 0 aliphatic carbocycles. The second-order valence-corrected chi connectivity index (χ2v) is 12.7. The molecule has 8 N–H and O–H groups in total. The van der Waals surface area contributed by atoms with Gasteiger partial charge in [0.2, 0.25) is 0 Å². The second-order valence-electron chi connectivity index (χ2n) is 10.9. The first-order valence-corrected chi connectivity index (χ1v) is 16.8. The SMILES string of the molecule is CC(CO)c1ccc(C(=O)Nc2nc(-c3ccc(O)cc3O)cs2)cc1.O=C(Nc1nc(-c2ccc(O)cc2O)cs1)c1ccc(CO)cc1. The van der Waals surface area contributed by atoms with E-state index in [4.69, 9.17) is 5.11 Å². The van der Waals surface area contributed by atoms with Gasteiger partial charge in [0.15, 0.2) is 10.3 Å². The monoisotopic (exact) mass is 712 g/mol. The summed E-state index contributed by atoms with van der Waals surface area (Å²) in [5.41, 5.74) is 4.59. The third-order valence-corrected chi connectivity index (χ3v) is 8.89. The quantitative estimate of drug-likeness (QED) is 0.0813. The van der Waals surface area contributed by atoms with Crippen LogP contribution in [0.25, 0.3) is 22.5 Å².